The third-order valence-electron chi connectivity index (χ3n) is 3.64. The first kappa shape index (κ1) is 15.9. The topological polar surface area (TPSA) is 69.2 Å². The van der Waals surface area contributed by atoms with E-state index in [1.54, 1.807) is 27.4 Å². The summed E-state index contributed by atoms with van der Waals surface area (Å²) < 4.78 is 21.1. The average Bonchev–Trinajstić information content (AvgIpc) is 2.93. The maximum atomic E-state index is 10.2. The summed E-state index contributed by atoms with van der Waals surface area (Å²) in [6.07, 6.45) is 0.656. The molecule has 1 aliphatic heterocycles. The van der Waals surface area contributed by atoms with Crippen molar-refractivity contribution in [3.8, 4) is 17.2 Å². The van der Waals surface area contributed by atoms with Crippen molar-refractivity contribution in [3.63, 3.8) is 0 Å². The molecule has 2 N–H and O–H groups in total. The first-order valence-corrected chi connectivity index (χ1v) is 6.91. The minimum absolute atomic E-state index is 0.378. The van der Waals surface area contributed by atoms with Gasteiger partial charge in [0, 0.05) is 37.7 Å². The largest absolute Gasteiger partial charge is 0.496 e. The Morgan fingerprint density at radius 3 is 2.38 bits per heavy atom. The van der Waals surface area contributed by atoms with Crippen LogP contribution in [0.15, 0.2) is 12.1 Å². The second-order valence-electron chi connectivity index (χ2n) is 5.15. The van der Waals surface area contributed by atoms with Gasteiger partial charge in [0.15, 0.2) is 11.5 Å². The summed E-state index contributed by atoms with van der Waals surface area (Å²) in [6.45, 7) is 2.03. The molecule has 0 saturated carbocycles. The van der Waals surface area contributed by atoms with E-state index >= 15 is 0 Å². The van der Waals surface area contributed by atoms with Crippen molar-refractivity contribution in [2.45, 2.75) is 18.6 Å². The van der Waals surface area contributed by atoms with Crippen molar-refractivity contribution in [2.24, 2.45) is 0 Å². The number of hydrogen-bond donors (Lipinski definition) is 2. The van der Waals surface area contributed by atoms with Crippen LogP contribution in [0.4, 0.5) is 0 Å². The molecule has 0 aromatic heterocycles. The van der Waals surface area contributed by atoms with E-state index < -0.39 is 5.60 Å². The highest BCUT2D eigenvalue weighted by Crippen LogP contribution is 2.34. The van der Waals surface area contributed by atoms with Gasteiger partial charge in [-0.15, -0.1) is 0 Å². The van der Waals surface area contributed by atoms with E-state index in [0.29, 0.717) is 44.2 Å². The van der Waals surface area contributed by atoms with Crippen molar-refractivity contribution in [3.05, 3.63) is 17.7 Å². The Kier molecular flexibility index (Phi) is 5.27. The van der Waals surface area contributed by atoms with E-state index in [2.05, 4.69) is 5.32 Å². The Morgan fingerprint density at radius 1 is 1.14 bits per heavy atom. The molecule has 0 amide bonds. The molecule has 0 spiro atoms. The van der Waals surface area contributed by atoms with Gasteiger partial charge in [0.2, 0.25) is 0 Å². The van der Waals surface area contributed by atoms with Crippen LogP contribution in [0.25, 0.3) is 0 Å². The first-order chi connectivity index (χ1) is 10.1. The van der Waals surface area contributed by atoms with Crippen LogP contribution in [0.3, 0.4) is 0 Å². The minimum Gasteiger partial charge on any atom is -0.496 e. The van der Waals surface area contributed by atoms with Crippen molar-refractivity contribution in [1.29, 1.82) is 0 Å². The summed E-state index contributed by atoms with van der Waals surface area (Å²) in [4.78, 5) is 0. The molecule has 1 fully saturated rings. The summed E-state index contributed by atoms with van der Waals surface area (Å²) >= 11 is 0. The van der Waals surface area contributed by atoms with Gasteiger partial charge >= 0.3 is 0 Å². The van der Waals surface area contributed by atoms with Crippen LogP contribution in [0, 0.1) is 0 Å². The molecule has 0 aliphatic carbocycles. The molecule has 1 atom stereocenters. The molecule has 6 nitrogen and oxygen atoms in total. The molecule has 6 heteroatoms. The normalized spacial score (nSPS) is 21.3. The van der Waals surface area contributed by atoms with Crippen LogP contribution in [-0.4, -0.2) is 51.8 Å². The van der Waals surface area contributed by atoms with Gasteiger partial charge in [-0.25, -0.2) is 0 Å². The van der Waals surface area contributed by atoms with Crippen molar-refractivity contribution < 1.29 is 24.1 Å². The average molecular weight is 297 g/mol. The maximum Gasteiger partial charge on any atom is 0.164 e. The van der Waals surface area contributed by atoms with Crippen molar-refractivity contribution in [1.82, 2.24) is 5.32 Å². The molecule has 1 aromatic rings. The summed E-state index contributed by atoms with van der Waals surface area (Å²) in [6, 6.07) is 3.67. The SMILES string of the molecule is COc1cc(OC)c(OC)cc1CNCC1(O)CCOC1. The molecule has 1 heterocycles. The number of ether oxygens (including phenoxy) is 4. The highest BCUT2D eigenvalue weighted by atomic mass is 16.5. The van der Waals surface area contributed by atoms with E-state index in [4.69, 9.17) is 18.9 Å². The third-order valence-corrected chi connectivity index (χ3v) is 3.64. The van der Waals surface area contributed by atoms with E-state index in [0.717, 1.165) is 11.3 Å². The zero-order valence-corrected chi connectivity index (χ0v) is 12.8. The summed E-state index contributed by atoms with van der Waals surface area (Å²) in [5, 5.41) is 13.5. The van der Waals surface area contributed by atoms with Crippen LogP contribution in [0.2, 0.25) is 0 Å². The zero-order chi connectivity index (χ0) is 15.3. The van der Waals surface area contributed by atoms with Gasteiger partial charge < -0.3 is 29.4 Å². The Balaban J connectivity index is 2.04. The fraction of sp³-hybridized carbons (Fsp3) is 0.600. The highest BCUT2D eigenvalue weighted by molar-refractivity contribution is 5.50. The molecular formula is C15H23NO5. The van der Waals surface area contributed by atoms with Gasteiger partial charge in [-0.3, -0.25) is 0 Å². The number of hydrogen-bond acceptors (Lipinski definition) is 6. The second kappa shape index (κ2) is 6.98. The summed E-state index contributed by atoms with van der Waals surface area (Å²) in [7, 11) is 4.80. The number of rotatable bonds is 7. The lowest BCUT2D eigenvalue weighted by molar-refractivity contribution is 0.0268. The number of aliphatic hydroxyl groups is 1. The Bertz CT molecular complexity index is 471. The van der Waals surface area contributed by atoms with Crippen LogP contribution >= 0.6 is 0 Å². The lowest BCUT2D eigenvalue weighted by Crippen LogP contribution is -2.40. The smallest absolute Gasteiger partial charge is 0.164 e. The summed E-state index contributed by atoms with van der Waals surface area (Å²) in [5.41, 5.74) is 0.168. The van der Waals surface area contributed by atoms with E-state index in [1.807, 2.05) is 6.07 Å². The predicted octanol–water partition coefficient (Wildman–Crippen LogP) is 0.953. The van der Waals surface area contributed by atoms with Gasteiger partial charge in [-0.05, 0) is 6.07 Å². The van der Waals surface area contributed by atoms with Crippen LogP contribution in [0.1, 0.15) is 12.0 Å². The van der Waals surface area contributed by atoms with Gasteiger partial charge in [-0.1, -0.05) is 0 Å². The molecule has 2 rings (SSSR count). The van der Waals surface area contributed by atoms with Crippen molar-refractivity contribution >= 4 is 0 Å². The van der Waals surface area contributed by atoms with Gasteiger partial charge in [0.25, 0.3) is 0 Å². The van der Waals surface area contributed by atoms with Gasteiger partial charge in [0.1, 0.15) is 11.4 Å². The molecule has 118 valence electrons. The van der Waals surface area contributed by atoms with Crippen LogP contribution in [-0.2, 0) is 11.3 Å². The maximum absolute atomic E-state index is 10.2. The zero-order valence-electron chi connectivity index (χ0n) is 12.8. The molecule has 1 aromatic carbocycles. The quantitative estimate of drug-likeness (QED) is 0.781. The number of nitrogens with one attached hydrogen (secondary N) is 1. The minimum atomic E-state index is -0.774. The van der Waals surface area contributed by atoms with E-state index in [1.165, 1.54) is 0 Å². The lowest BCUT2D eigenvalue weighted by Gasteiger charge is -2.21. The molecular weight excluding hydrogens is 274 g/mol. The standard InChI is InChI=1S/C15H23NO5/c1-18-12-7-14(20-3)13(19-2)6-11(12)8-16-9-15(17)4-5-21-10-15/h6-7,16-17H,4-5,8-10H2,1-3H3. The number of methoxy groups -OCH3 is 3. The van der Waals surface area contributed by atoms with Crippen LogP contribution < -0.4 is 19.5 Å². The number of benzene rings is 1. The molecule has 21 heavy (non-hydrogen) atoms. The fourth-order valence-electron chi connectivity index (χ4n) is 2.40. The highest BCUT2D eigenvalue weighted by Gasteiger charge is 2.31. The predicted molar refractivity (Wildman–Crippen MR) is 78.2 cm³/mol. The fourth-order valence-corrected chi connectivity index (χ4v) is 2.40. The molecule has 0 radical (unpaired) electrons. The second-order valence-corrected chi connectivity index (χ2v) is 5.15. The van der Waals surface area contributed by atoms with Crippen LogP contribution in [0.5, 0.6) is 17.2 Å². The molecule has 1 unspecified atom stereocenters. The molecule has 1 aliphatic rings. The Morgan fingerprint density at radius 2 is 1.81 bits per heavy atom. The van der Waals surface area contributed by atoms with Crippen molar-refractivity contribution in [2.75, 3.05) is 41.1 Å². The first-order valence-electron chi connectivity index (χ1n) is 6.91. The lowest BCUT2D eigenvalue weighted by atomic mass is 10.0. The molecule has 0 bridgehead atoms. The monoisotopic (exact) mass is 297 g/mol. The summed E-state index contributed by atoms with van der Waals surface area (Å²) in [5.74, 6) is 1.99. The van der Waals surface area contributed by atoms with E-state index in [-0.39, 0.29) is 0 Å². The van der Waals surface area contributed by atoms with E-state index in [9.17, 15) is 5.11 Å². The molecule has 1 saturated heterocycles. The Labute approximate surface area is 125 Å². The Hall–Kier alpha value is -1.50. The van der Waals surface area contributed by atoms with Gasteiger partial charge in [0.05, 0.1) is 27.9 Å². The van der Waals surface area contributed by atoms with Gasteiger partial charge in [-0.2, -0.15) is 0 Å². The third kappa shape index (κ3) is 3.78.